The first kappa shape index (κ1) is 8.41. The van der Waals surface area contributed by atoms with Gasteiger partial charge in [-0.15, -0.1) is 22.7 Å². The Morgan fingerprint density at radius 1 is 1.50 bits per heavy atom. The number of thiazole rings is 1. The van der Waals surface area contributed by atoms with Crippen LogP contribution in [-0.4, -0.2) is 4.98 Å². The molecule has 0 aliphatic carbocycles. The third-order valence-electron chi connectivity index (χ3n) is 1.47. The predicted octanol–water partition coefficient (Wildman–Crippen LogP) is 3.94. The number of hydrogen-bond acceptors (Lipinski definition) is 3. The van der Waals surface area contributed by atoms with E-state index in [1.54, 1.807) is 22.7 Å². The average molecular weight is 260 g/mol. The molecule has 2 aromatic heterocycles. The molecule has 0 bridgehead atoms. The molecule has 0 unspecified atom stereocenters. The quantitative estimate of drug-likeness (QED) is 0.756. The molecule has 1 nitrogen and oxygen atoms in total. The molecule has 2 heterocycles. The topological polar surface area (TPSA) is 12.9 Å². The number of halogens is 1. The van der Waals surface area contributed by atoms with E-state index in [4.69, 9.17) is 0 Å². The molecule has 0 aromatic carbocycles. The third-order valence-corrected chi connectivity index (χ3v) is 4.52. The number of aromatic nitrogens is 1. The fourth-order valence-corrected chi connectivity index (χ4v) is 3.02. The van der Waals surface area contributed by atoms with Crippen molar-refractivity contribution in [3.05, 3.63) is 27.0 Å². The Labute approximate surface area is 87.2 Å². The highest BCUT2D eigenvalue weighted by Gasteiger charge is 2.06. The summed E-state index contributed by atoms with van der Waals surface area (Å²) in [5, 5.41) is 3.18. The minimum atomic E-state index is 0.968. The summed E-state index contributed by atoms with van der Waals surface area (Å²) in [6.45, 7) is 2.07. The Morgan fingerprint density at radius 3 is 2.83 bits per heavy atom. The summed E-state index contributed by atoms with van der Waals surface area (Å²) < 4.78 is 0.968. The minimum absolute atomic E-state index is 0.968. The summed E-state index contributed by atoms with van der Waals surface area (Å²) >= 11 is 6.86. The maximum Gasteiger partial charge on any atom is 0.134 e. The Hall–Kier alpha value is -0.190. The van der Waals surface area contributed by atoms with Gasteiger partial charge in [-0.05, 0) is 34.3 Å². The Bertz CT molecular complexity index is 358. The zero-order valence-corrected chi connectivity index (χ0v) is 9.59. The van der Waals surface area contributed by atoms with Crippen LogP contribution in [0.25, 0.3) is 9.88 Å². The molecule has 0 saturated carbocycles. The van der Waals surface area contributed by atoms with E-state index in [0.717, 1.165) is 9.61 Å². The van der Waals surface area contributed by atoms with Crippen molar-refractivity contribution in [2.45, 2.75) is 6.92 Å². The number of rotatable bonds is 1. The molecule has 0 N–H and O–H groups in total. The highest BCUT2D eigenvalue weighted by molar-refractivity contribution is 9.10. The van der Waals surface area contributed by atoms with E-state index >= 15 is 0 Å². The normalized spacial score (nSPS) is 10.5. The SMILES string of the molecule is Cc1sc(-c2cccs2)nc1Br. The molecule has 0 saturated heterocycles. The fraction of sp³-hybridized carbons (Fsp3) is 0.125. The molecule has 0 radical (unpaired) electrons. The van der Waals surface area contributed by atoms with Gasteiger partial charge < -0.3 is 0 Å². The summed E-state index contributed by atoms with van der Waals surface area (Å²) in [5.41, 5.74) is 0. The molecule has 0 spiro atoms. The highest BCUT2D eigenvalue weighted by Crippen LogP contribution is 2.32. The zero-order valence-electron chi connectivity index (χ0n) is 6.37. The van der Waals surface area contributed by atoms with Gasteiger partial charge >= 0.3 is 0 Å². The third kappa shape index (κ3) is 1.46. The molecule has 0 atom stereocenters. The molecule has 2 aromatic rings. The van der Waals surface area contributed by atoms with Crippen LogP contribution in [0.3, 0.4) is 0 Å². The lowest BCUT2D eigenvalue weighted by molar-refractivity contribution is 1.33. The van der Waals surface area contributed by atoms with Crippen LogP contribution >= 0.6 is 38.6 Å². The van der Waals surface area contributed by atoms with Crippen LogP contribution in [0.5, 0.6) is 0 Å². The lowest BCUT2D eigenvalue weighted by atomic mass is 10.5. The van der Waals surface area contributed by atoms with Crippen molar-refractivity contribution in [2.24, 2.45) is 0 Å². The lowest BCUT2D eigenvalue weighted by Crippen LogP contribution is -1.67. The van der Waals surface area contributed by atoms with Crippen LogP contribution in [0, 0.1) is 6.92 Å². The summed E-state index contributed by atoms with van der Waals surface area (Å²) in [5.74, 6) is 0. The fourth-order valence-electron chi connectivity index (χ4n) is 0.883. The largest absolute Gasteiger partial charge is 0.228 e. The Morgan fingerprint density at radius 2 is 2.33 bits per heavy atom. The Balaban J connectivity index is 2.48. The van der Waals surface area contributed by atoms with Crippen molar-refractivity contribution in [2.75, 3.05) is 0 Å². The van der Waals surface area contributed by atoms with Gasteiger partial charge in [0.2, 0.25) is 0 Å². The van der Waals surface area contributed by atoms with E-state index in [0.29, 0.717) is 0 Å². The van der Waals surface area contributed by atoms with E-state index in [1.165, 1.54) is 9.75 Å². The van der Waals surface area contributed by atoms with Crippen molar-refractivity contribution in [3.63, 3.8) is 0 Å². The molecule has 62 valence electrons. The van der Waals surface area contributed by atoms with Crippen LogP contribution in [-0.2, 0) is 0 Å². The van der Waals surface area contributed by atoms with Crippen molar-refractivity contribution >= 4 is 38.6 Å². The van der Waals surface area contributed by atoms with Gasteiger partial charge in [0.25, 0.3) is 0 Å². The van der Waals surface area contributed by atoms with E-state index in [9.17, 15) is 0 Å². The molecule has 12 heavy (non-hydrogen) atoms. The highest BCUT2D eigenvalue weighted by atomic mass is 79.9. The maximum atomic E-state index is 4.40. The average Bonchev–Trinajstić information content (AvgIpc) is 2.61. The first-order valence-electron chi connectivity index (χ1n) is 3.44. The van der Waals surface area contributed by atoms with Crippen LogP contribution in [0.4, 0.5) is 0 Å². The number of thiophene rings is 1. The van der Waals surface area contributed by atoms with Crippen LogP contribution < -0.4 is 0 Å². The second-order valence-electron chi connectivity index (χ2n) is 2.34. The molecule has 0 aliphatic rings. The molecular formula is C8H6BrNS2. The predicted molar refractivity (Wildman–Crippen MR) is 57.9 cm³/mol. The van der Waals surface area contributed by atoms with Crippen molar-refractivity contribution in [1.82, 2.24) is 4.98 Å². The second kappa shape index (κ2) is 3.28. The van der Waals surface area contributed by atoms with Gasteiger partial charge in [-0.3, -0.25) is 0 Å². The van der Waals surface area contributed by atoms with Crippen LogP contribution in [0.2, 0.25) is 0 Å². The molecule has 0 fully saturated rings. The van der Waals surface area contributed by atoms with Gasteiger partial charge in [0.05, 0.1) is 4.88 Å². The maximum absolute atomic E-state index is 4.40. The van der Waals surface area contributed by atoms with Gasteiger partial charge in [0.1, 0.15) is 9.61 Å². The molecule has 0 aliphatic heterocycles. The number of aryl methyl sites for hydroxylation is 1. The lowest BCUT2D eigenvalue weighted by Gasteiger charge is -1.84. The molecular weight excluding hydrogens is 254 g/mol. The van der Waals surface area contributed by atoms with Gasteiger partial charge in [-0.25, -0.2) is 4.98 Å². The van der Waals surface area contributed by atoms with Gasteiger partial charge in [0.15, 0.2) is 0 Å². The van der Waals surface area contributed by atoms with E-state index in [1.807, 2.05) is 6.07 Å². The summed E-state index contributed by atoms with van der Waals surface area (Å²) in [7, 11) is 0. The molecule has 4 heteroatoms. The monoisotopic (exact) mass is 259 g/mol. The smallest absolute Gasteiger partial charge is 0.134 e. The zero-order chi connectivity index (χ0) is 8.55. The van der Waals surface area contributed by atoms with Crippen LogP contribution in [0.1, 0.15) is 4.88 Å². The van der Waals surface area contributed by atoms with Gasteiger partial charge in [0, 0.05) is 4.88 Å². The summed E-state index contributed by atoms with van der Waals surface area (Å²) in [6, 6.07) is 4.14. The van der Waals surface area contributed by atoms with Crippen molar-refractivity contribution < 1.29 is 0 Å². The molecule has 2 rings (SSSR count). The van der Waals surface area contributed by atoms with E-state index < -0.39 is 0 Å². The van der Waals surface area contributed by atoms with E-state index in [-0.39, 0.29) is 0 Å². The Kier molecular flexibility index (Phi) is 2.30. The van der Waals surface area contributed by atoms with Gasteiger partial charge in [-0.2, -0.15) is 0 Å². The molecule has 0 amide bonds. The van der Waals surface area contributed by atoms with Gasteiger partial charge in [-0.1, -0.05) is 6.07 Å². The standard InChI is InChI=1S/C8H6BrNS2/c1-5-7(9)10-8(12-5)6-3-2-4-11-6/h2-4H,1H3. The summed E-state index contributed by atoms with van der Waals surface area (Å²) in [6.07, 6.45) is 0. The second-order valence-corrected chi connectivity index (χ2v) is 5.25. The number of hydrogen-bond donors (Lipinski definition) is 0. The summed E-state index contributed by atoms with van der Waals surface area (Å²) in [4.78, 5) is 6.88. The van der Waals surface area contributed by atoms with E-state index in [2.05, 4.69) is 39.3 Å². The first-order valence-corrected chi connectivity index (χ1v) is 5.93. The van der Waals surface area contributed by atoms with Crippen molar-refractivity contribution in [3.8, 4) is 9.88 Å². The minimum Gasteiger partial charge on any atom is -0.228 e. The van der Waals surface area contributed by atoms with Crippen molar-refractivity contribution in [1.29, 1.82) is 0 Å². The number of nitrogens with zero attached hydrogens (tertiary/aromatic N) is 1. The van der Waals surface area contributed by atoms with Crippen LogP contribution in [0.15, 0.2) is 22.1 Å². The first-order chi connectivity index (χ1) is 5.77.